The van der Waals surface area contributed by atoms with Gasteiger partial charge in [-0.1, -0.05) is 45.1 Å². The predicted molar refractivity (Wildman–Crippen MR) is 83.5 cm³/mol. The van der Waals surface area contributed by atoms with E-state index in [2.05, 4.69) is 26.1 Å². The molecule has 1 aromatic rings. The van der Waals surface area contributed by atoms with Crippen LogP contribution in [0.4, 0.5) is 0 Å². The average Bonchev–Trinajstić information content (AvgIpc) is 2.33. The second-order valence-electron chi connectivity index (χ2n) is 5.65. The number of amides is 1. The van der Waals surface area contributed by atoms with Crippen LogP contribution in [0.15, 0.2) is 24.3 Å². The zero-order chi connectivity index (χ0) is 14.5. The van der Waals surface area contributed by atoms with E-state index in [9.17, 15) is 4.79 Å². The average molecular weight is 278 g/mol. The smallest absolute Gasteiger partial charge is 0.251 e. The second-order valence-corrected chi connectivity index (χ2v) is 6.18. The van der Waals surface area contributed by atoms with E-state index in [1.54, 1.807) is 0 Å². The lowest BCUT2D eigenvalue weighted by Gasteiger charge is -2.19. The number of hydrogen-bond donors (Lipinski definition) is 2. The lowest BCUT2D eigenvalue weighted by atomic mass is 9.87. The van der Waals surface area contributed by atoms with Gasteiger partial charge in [0.05, 0.1) is 4.99 Å². The van der Waals surface area contributed by atoms with Gasteiger partial charge in [-0.25, -0.2) is 0 Å². The molecular weight excluding hydrogens is 256 g/mol. The van der Waals surface area contributed by atoms with Gasteiger partial charge in [-0.15, -0.1) is 0 Å². The first kappa shape index (κ1) is 15.6. The minimum absolute atomic E-state index is 0.0524. The lowest BCUT2D eigenvalue weighted by molar-refractivity contribution is 0.0953. The molecule has 0 bridgehead atoms. The van der Waals surface area contributed by atoms with Gasteiger partial charge in [-0.05, 0) is 36.0 Å². The van der Waals surface area contributed by atoms with Crippen LogP contribution in [0, 0.1) is 0 Å². The van der Waals surface area contributed by atoms with Crippen molar-refractivity contribution in [3.8, 4) is 0 Å². The number of benzene rings is 1. The number of carbonyl (C=O) groups excluding carboxylic acids is 1. The van der Waals surface area contributed by atoms with Crippen LogP contribution in [0.2, 0.25) is 0 Å². The summed E-state index contributed by atoms with van der Waals surface area (Å²) in [6.07, 6.45) is 1.44. The molecule has 3 N–H and O–H groups in total. The van der Waals surface area contributed by atoms with Gasteiger partial charge in [0.2, 0.25) is 0 Å². The van der Waals surface area contributed by atoms with Gasteiger partial charge in [-0.3, -0.25) is 4.79 Å². The zero-order valence-corrected chi connectivity index (χ0v) is 12.6. The van der Waals surface area contributed by atoms with Crippen LogP contribution in [0.5, 0.6) is 0 Å². The van der Waals surface area contributed by atoms with Gasteiger partial charge in [0, 0.05) is 12.1 Å². The maximum atomic E-state index is 11.9. The van der Waals surface area contributed by atoms with Crippen LogP contribution >= 0.6 is 12.2 Å². The third-order valence-electron chi connectivity index (χ3n) is 2.90. The first-order chi connectivity index (χ1) is 8.80. The van der Waals surface area contributed by atoms with Crippen LogP contribution in [-0.4, -0.2) is 17.4 Å². The van der Waals surface area contributed by atoms with Crippen molar-refractivity contribution in [1.82, 2.24) is 5.32 Å². The molecular formula is C15H22N2OS. The van der Waals surface area contributed by atoms with Gasteiger partial charge in [-0.2, -0.15) is 0 Å². The Morgan fingerprint density at radius 3 is 2.32 bits per heavy atom. The fraction of sp³-hybridized carbons (Fsp3) is 0.467. The Labute approximate surface area is 120 Å². The fourth-order valence-corrected chi connectivity index (χ4v) is 1.83. The Morgan fingerprint density at radius 2 is 1.84 bits per heavy atom. The SMILES string of the molecule is CC(C)(C)c1ccc(C(=O)NCCCC(N)=S)cc1. The molecule has 0 fully saturated rings. The Hall–Kier alpha value is -1.42. The standard InChI is InChI=1S/C15H22N2OS/c1-15(2,3)12-8-6-11(7-9-12)14(18)17-10-4-5-13(16)19/h6-9H,4-5,10H2,1-3H3,(H2,16,19)(H,17,18). The molecule has 19 heavy (non-hydrogen) atoms. The Kier molecular flexibility index (Phi) is 5.48. The molecule has 1 amide bonds. The van der Waals surface area contributed by atoms with E-state index < -0.39 is 0 Å². The molecule has 0 aliphatic heterocycles. The molecule has 0 saturated heterocycles. The van der Waals surface area contributed by atoms with Crippen molar-refractivity contribution >= 4 is 23.1 Å². The molecule has 0 radical (unpaired) electrons. The molecule has 0 atom stereocenters. The van der Waals surface area contributed by atoms with E-state index in [1.807, 2.05) is 24.3 Å². The van der Waals surface area contributed by atoms with Crippen LogP contribution < -0.4 is 11.1 Å². The molecule has 4 heteroatoms. The van der Waals surface area contributed by atoms with Crippen LogP contribution in [0.1, 0.15) is 49.5 Å². The van der Waals surface area contributed by atoms with E-state index in [0.29, 0.717) is 23.5 Å². The summed E-state index contributed by atoms with van der Waals surface area (Å²) in [5.41, 5.74) is 7.40. The summed E-state index contributed by atoms with van der Waals surface area (Å²) in [5.74, 6) is -0.0524. The van der Waals surface area contributed by atoms with Crippen molar-refractivity contribution in [2.45, 2.75) is 39.0 Å². The topological polar surface area (TPSA) is 55.1 Å². The quantitative estimate of drug-likeness (QED) is 0.643. The fourth-order valence-electron chi connectivity index (χ4n) is 1.69. The first-order valence-electron chi connectivity index (χ1n) is 6.48. The van der Waals surface area contributed by atoms with Crippen LogP contribution in [0.25, 0.3) is 0 Å². The van der Waals surface area contributed by atoms with Crippen molar-refractivity contribution in [1.29, 1.82) is 0 Å². The molecule has 1 aromatic carbocycles. The normalized spacial score (nSPS) is 11.1. The summed E-state index contributed by atoms with van der Waals surface area (Å²) >= 11 is 4.78. The third-order valence-corrected chi connectivity index (χ3v) is 3.10. The number of carbonyl (C=O) groups is 1. The molecule has 0 aliphatic rings. The number of hydrogen-bond acceptors (Lipinski definition) is 2. The Morgan fingerprint density at radius 1 is 1.26 bits per heavy atom. The molecule has 0 saturated carbocycles. The highest BCUT2D eigenvalue weighted by molar-refractivity contribution is 7.80. The highest BCUT2D eigenvalue weighted by atomic mass is 32.1. The molecule has 0 aromatic heterocycles. The van der Waals surface area contributed by atoms with E-state index in [0.717, 1.165) is 6.42 Å². The minimum atomic E-state index is -0.0524. The van der Waals surface area contributed by atoms with Crippen molar-refractivity contribution in [3.63, 3.8) is 0 Å². The van der Waals surface area contributed by atoms with Crippen LogP contribution in [-0.2, 0) is 5.41 Å². The molecule has 104 valence electrons. The second kappa shape index (κ2) is 6.66. The highest BCUT2D eigenvalue weighted by Crippen LogP contribution is 2.22. The van der Waals surface area contributed by atoms with E-state index in [4.69, 9.17) is 18.0 Å². The molecule has 0 spiro atoms. The number of rotatable bonds is 5. The van der Waals surface area contributed by atoms with Crippen LogP contribution in [0.3, 0.4) is 0 Å². The highest BCUT2D eigenvalue weighted by Gasteiger charge is 2.14. The first-order valence-corrected chi connectivity index (χ1v) is 6.88. The molecule has 1 rings (SSSR count). The summed E-state index contributed by atoms with van der Waals surface area (Å²) in [4.78, 5) is 12.4. The monoisotopic (exact) mass is 278 g/mol. The summed E-state index contributed by atoms with van der Waals surface area (Å²) in [6, 6.07) is 7.74. The van der Waals surface area contributed by atoms with Gasteiger partial charge in [0.1, 0.15) is 0 Å². The number of nitrogens with two attached hydrogens (primary N) is 1. The van der Waals surface area contributed by atoms with E-state index >= 15 is 0 Å². The van der Waals surface area contributed by atoms with Crippen molar-refractivity contribution in [3.05, 3.63) is 35.4 Å². The number of thiocarbonyl (C=S) groups is 1. The minimum Gasteiger partial charge on any atom is -0.393 e. The summed E-state index contributed by atoms with van der Waals surface area (Å²) < 4.78 is 0. The van der Waals surface area contributed by atoms with E-state index in [1.165, 1.54) is 5.56 Å². The van der Waals surface area contributed by atoms with Gasteiger partial charge in [0.15, 0.2) is 0 Å². The third kappa shape index (κ3) is 5.39. The zero-order valence-electron chi connectivity index (χ0n) is 11.8. The lowest BCUT2D eigenvalue weighted by Crippen LogP contribution is -2.25. The molecule has 0 heterocycles. The van der Waals surface area contributed by atoms with Crippen molar-refractivity contribution < 1.29 is 4.79 Å². The summed E-state index contributed by atoms with van der Waals surface area (Å²) in [6.45, 7) is 7.05. The molecule has 0 unspecified atom stereocenters. The molecule has 3 nitrogen and oxygen atoms in total. The largest absolute Gasteiger partial charge is 0.393 e. The summed E-state index contributed by atoms with van der Waals surface area (Å²) in [5, 5.41) is 2.86. The van der Waals surface area contributed by atoms with Gasteiger partial charge in [0.25, 0.3) is 5.91 Å². The van der Waals surface area contributed by atoms with E-state index in [-0.39, 0.29) is 11.3 Å². The maximum absolute atomic E-state index is 11.9. The van der Waals surface area contributed by atoms with Gasteiger partial charge >= 0.3 is 0 Å². The van der Waals surface area contributed by atoms with Crippen molar-refractivity contribution in [2.24, 2.45) is 5.73 Å². The predicted octanol–water partition coefficient (Wildman–Crippen LogP) is 2.78. The van der Waals surface area contributed by atoms with Gasteiger partial charge < -0.3 is 11.1 Å². The number of nitrogens with one attached hydrogen (secondary N) is 1. The van der Waals surface area contributed by atoms with Crippen molar-refractivity contribution in [2.75, 3.05) is 6.54 Å². The molecule has 0 aliphatic carbocycles. The maximum Gasteiger partial charge on any atom is 0.251 e. The summed E-state index contributed by atoms with van der Waals surface area (Å²) in [7, 11) is 0. The Bertz CT molecular complexity index is 446. The Balaban J connectivity index is 2.52.